The third kappa shape index (κ3) is 4.77. The standard InChI is InChI=1S/C17H20N2O4/c1-11(20)10-18-15(17(22)23)9-16(21)19-14-8-4-6-12-5-2-3-7-13(12)14/h2-8,11,15,18,20H,9-10H2,1H3,(H,19,21)(H,22,23). The van der Waals surface area contributed by atoms with E-state index in [1.54, 1.807) is 13.0 Å². The van der Waals surface area contributed by atoms with Gasteiger partial charge in [-0.1, -0.05) is 36.4 Å². The summed E-state index contributed by atoms with van der Waals surface area (Å²) in [5.41, 5.74) is 0.646. The Kier molecular flexibility index (Phi) is 5.67. The van der Waals surface area contributed by atoms with Gasteiger partial charge in [0.2, 0.25) is 5.91 Å². The summed E-state index contributed by atoms with van der Waals surface area (Å²) in [5.74, 6) is -1.52. The van der Waals surface area contributed by atoms with Crippen LogP contribution in [0.3, 0.4) is 0 Å². The Morgan fingerprint density at radius 3 is 2.52 bits per heavy atom. The summed E-state index contributed by atoms with van der Waals surface area (Å²) in [5, 5.41) is 25.7. The molecule has 0 aliphatic rings. The minimum absolute atomic E-state index is 0.110. The first-order valence-corrected chi connectivity index (χ1v) is 7.39. The molecule has 0 saturated carbocycles. The zero-order valence-corrected chi connectivity index (χ0v) is 12.8. The maximum absolute atomic E-state index is 12.1. The molecule has 2 unspecified atom stereocenters. The molecule has 122 valence electrons. The number of carboxylic acids is 1. The zero-order valence-electron chi connectivity index (χ0n) is 12.8. The van der Waals surface area contributed by atoms with Crippen LogP contribution >= 0.6 is 0 Å². The number of hydrogen-bond donors (Lipinski definition) is 4. The second-order valence-electron chi connectivity index (χ2n) is 5.43. The van der Waals surface area contributed by atoms with Gasteiger partial charge in [-0.3, -0.25) is 9.59 Å². The minimum Gasteiger partial charge on any atom is -0.480 e. The van der Waals surface area contributed by atoms with Crippen molar-refractivity contribution in [2.75, 3.05) is 11.9 Å². The normalized spacial score (nSPS) is 13.5. The predicted octanol–water partition coefficient (Wildman–Crippen LogP) is 1.59. The maximum Gasteiger partial charge on any atom is 0.321 e. The summed E-state index contributed by atoms with van der Waals surface area (Å²) >= 11 is 0. The molecule has 6 nitrogen and oxygen atoms in total. The number of fused-ring (bicyclic) bond motifs is 1. The van der Waals surface area contributed by atoms with Crippen LogP contribution in [-0.2, 0) is 9.59 Å². The lowest BCUT2D eigenvalue weighted by atomic mass is 10.1. The maximum atomic E-state index is 12.1. The fourth-order valence-corrected chi connectivity index (χ4v) is 2.28. The average molecular weight is 316 g/mol. The lowest BCUT2D eigenvalue weighted by molar-refractivity contribution is -0.141. The van der Waals surface area contributed by atoms with Gasteiger partial charge in [-0.2, -0.15) is 0 Å². The van der Waals surface area contributed by atoms with Crippen molar-refractivity contribution in [3.63, 3.8) is 0 Å². The second kappa shape index (κ2) is 7.71. The highest BCUT2D eigenvalue weighted by Crippen LogP contribution is 2.23. The van der Waals surface area contributed by atoms with E-state index in [0.29, 0.717) is 5.69 Å². The molecule has 4 N–H and O–H groups in total. The van der Waals surface area contributed by atoms with Gasteiger partial charge < -0.3 is 20.8 Å². The summed E-state index contributed by atoms with van der Waals surface area (Å²) in [7, 11) is 0. The molecule has 0 radical (unpaired) electrons. The number of carbonyl (C=O) groups excluding carboxylic acids is 1. The van der Waals surface area contributed by atoms with Crippen molar-refractivity contribution in [1.82, 2.24) is 5.32 Å². The molecule has 6 heteroatoms. The van der Waals surface area contributed by atoms with Gasteiger partial charge in [-0.15, -0.1) is 0 Å². The first-order valence-electron chi connectivity index (χ1n) is 7.39. The van der Waals surface area contributed by atoms with E-state index in [1.165, 1.54) is 0 Å². The molecule has 2 atom stereocenters. The third-order valence-corrected chi connectivity index (χ3v) is 3.41. The van der Waals surface area contributed by atoms with Crippen LogP contribution in [0.4, 0.5) is 5.69 Å². The van der Waals surface area contributed by atoms with E-state index < -0.39 is 24.0 Å². The van der Waals surface area contributed by atoms with E-state index in [4.69, 9.17) is 5.11 Å². The molecular weight excluding hydrogens is 296 g/mol. The summed E-state index contributed by atoms with van der Waals surface area (Å²) in [6, 6.07) is 12.1. The topological polar surface area (TPSA) is 98.7 Å². The van der Waals surface area contributed by atoms with Crippen molar-refractivity contribution >= 4 is 28.3 Å². The van der Waals surface area contributed by atoms with Crippen molar-refractivity contribution in [2.45, 2.75) is 25.5 Å². The van der Waals surface area contributed by atoms with Gasteiger partial charge >= 0.3 is 5.97 Å². The molecule has 0 spiro atoms. The van der Waals surface area contributed by atoms with Crippen molar-refractivity contribution in [2.24, 2.45) is 0 Å². The van der Waals surface area contributed by atoms with Crippen LogP contribution in [-0.4, -0.2) is 40.8 Å². The summed E-state index contributed by atoms with van der Waals surface area (Å²) in [6.45, 7) is 1.65. The third-order valence-electron chi connectivity index (χ3n) is 3.41. The van der Waals surface area contributed by atoms with Crippen LogP contribution in [0.1, 0.15) is 13.3 Å². The van der Waals surface area contributed by atoms with Gasteiger partial charge in [-0.05, 0) is 18.4 Å². The Morgan fingerprint density at radius 2 is 1.83 bits per heavy atom. The molecule has 2 aromatic rings. The first kappa shape index (κ1) is 16.9. The Hall–Kier alpha value is -2.44. The molecule has 1 amide bonds. The number of aliphatic carboxylic acids is 1. The van der Waals surface area contributed by atoms with E-state index in [2.05, 4.69) is 10.6 Å². The van der Waals surface area contributed by atoms with Gasteiger partial charge in [0.05, 0.1) is 12.5 Å². The summed E-state index contributed by atoms with van der Waals surface area (Å²) in [4.78, 5) is 23.3. The highest BCUT2D eigenvalue weighted by atomic mass is 16.4. The van der Waals surface area contributed by atoms with Gasteiger partial charge in [0.1, 0.15) is 6.04 Å². The van der Waals surface area contributed by atoms with Gasteiger partial charge in [0.15, 0.2) is 0 Å². The molecule has 0 aliphatic carbocycles. The Labute approximate surface area is 134 Å². The van der Waals surface area contributed by atoms with Crippen LogP contribution in [0.2, 0.25) is 0 Å². The van der Waals surface area contributed by atoms with E-state index in [-0.39, 0.29) is 13.0 Å². The molecule has 23 heavy (non-hydrogen) atoms. The van der Waals surface area contributed by atoms with Crippen LogP contribution in [0, 0.1) is 0 Å². The number of anilines is 1. The SMILES string of the molecule is CC(O)CNC(CC(=O)Nc1cccc2ccccc12)C(=O)O. The van der Waals surface area contributed by atoms with Crippen LogP contribution in [0.15, 0.2) is 42.5 Å². The summed E-state index contributed by atoms with van der Waals surface area (Å²) in [6.07, 6.45) is -0.899. The van der Waals surface area contributed by atoms with Crippen LogP contribution in [0.5, 0.6) is 0 Å². The molecule has 0 fully saturated rings. The monoisotopic (exact) mass is 316 g/mol. The van der Waals surface area contributed by atoms with Gasteiger partial charge in [0.25, 0.3) is 0 Å². The van der Waals surface area contributed by atoms with Gasteiger partial charge in [0, 0.05) is 17.6 Å². The lowest BCUT2D eigenvalue weighted by Gasteiger charge is -2.16. The molecule has 0 bridgehead atoms. The summed E-state index contributed by atoms with van der Waals surface area (Å²) < 4.78 is 0. The molecule has 0 aliphatic heterocycles. The molecule has 2 aromatic carbocycles. The number of rotatable bonds is 7. The molecular formula is C17H20N2O4. The number of aliphatic hydroxyl groups is 1. The van der Waals surface area contributed by atoms with Crippen molar-refractivity contribution in [3.05, 3.63) is 42.5 Å². The van der Waals surface area contributed by atoms with E-state index in [1.807, 2.05) is 36.4 Å². The smallest absolute Gasteiger partial charge is 0.321 e. The predicted molar refractivity (Wildman–Crippen MR) is 88.3 cm³/mol. The number of hydrogen-bond acceptors (Lipinski definition) is 4. The number of nitrogens with one attached hydrogen (secondary N) is 2. The lowest BCUT2D eigenvalue weighted by Crippen LogP contribution is -2.42. The number of aliphatic hydroxyl groups excluding tert-OH is 1. The number of benzene rings is 2. The Morgan fingerprint density at radius 1 is 1.13 bits per heavy atom. The Bertz CT molecular complexity index is 695. The Balaban J connectivity index is 2.06. The molecule has 2 rings (SSSR count). The first-order chi connectivity index (χ1) is 11.0. The number of carboxylic acid groups (broad SMARTS) is 1. The van der Waals surface area contributed by atoms with E-state index >= 15 is 0 Å². The second-order valence-corrected chi connectivity index (χ2v) is 5.43. The van der Waals surface area contributed by atoms with Crippen molar-refractivity contribution in [1.29, 1.82) is 0 Å². The van der Waals surface area contributed by atoms with Crippen LogP contribution < -0.4 is 10.6 Å². The zero-order chi connectivity index (χ0) is 16.8. The van der Waals surface area contributed by atoms with Crippen molar-refractivity contribution < 1.29 is 19.8 Å². The quantitative estimate of drug-likeness (QED) is 0.622. The minimum atomic E-state index is -1.13. The van der Waals surface area contributed by atoms with Gasteiger partial charge in [-0.25, -0.2) is 0 Å². The van der Waals surface area contributed by atoms with Crippen molar-refractivity contribution in [3.8, 4) is 0 Å². The fraction of sp³-hybridized carbons (Fsp3) is 0.294. The van der Waals surface area contributed by atoms with E-state index in [0.717, 1.165) is 10.8 Å². The number of amides is 1. The molecule has 0 heterocycles. The number of carbonyl (C=O) groups is 2. The highest BCUT2D eigenvalue weighted by Gasteiger charge is 2.21. The molecule has 0 saturated heterocycles. The average Bonchev–Trinajstić information content (AvgIpc) is 2.51. The largest absolute Gasteiger partial charge is 0.480 e. The van der Waals surface area contributed by atoms with E-state index in [9.17, 15) is 14.7 Å². The van der Waals surface area contributed by atoms with Crippen LogP contribution in [0.25, 0.3) is 10.8 Å². The highest BCUT2D eigenvalue weighted by molar-refractivity contribution is 6.03. The molecule has 0 aromatic heterocycles. The fourth-order valence-electron chi connectivity index (χ4n) is 2.28.